The highest BCUT2D eigenvalue weighted by molar-refractivity contribution is 6.04. The maximum atomic E-state index is 13.2. The molecule has 0 heterocycles. The van der Waals surface area contributed by atoms with E-state index in [-0.39, 0.29) is 42.2 Å². The molecule has 30 heavy (non-hydrogen) atoms. The first-order valence-corrected chi connectivity index (χ1v) is 10.6. The first-order chi connectivity index (χ1) is 14.4. The van der Waals surface area contributed by atoms with Gasteiger partial charge in [0, 0.05) is 12.1 Å². The van der Waals surface area contributed by atoms with Crippen molar-refractivity contribution in [1.29, 1.82) is 0 Å². The third-order valence-corrected chi connectivity index (χ3v) is 5.51. The van der Waals surface area contributed by atoms with Crippen LogP contribution in [0.5, 0.6) is 0 Å². The molecule has 2 aromatic carbocycles. The van der Waals surface area contributed by atoms with Crippen LogP contribution in [-0.2, 0) is 4.79 Å². The number of amides is 2. The zero-order valence-corrected chi connectivity index (χ0v) is 17.6. The van der Waals surface area contributed by atoms with Crippen LogP contribution in [0.1, 0.15) is 61.5 Å². The van der Waals surface area contributed by atoms with E-state index < -0.39 is 0 Å². The summed E-state index contributed by atoms with van der Waals surface area (Å²) in [5.41, 5.74) is 1.90. The quantitative estimate of drug-likeness (QED) is 0.602. The maximum Gasteiger partial charge on any atom is 0.253 e. The fraction of sp³-hybridized carbons (Fsp3) is 0.417. The highest BCUT2D eigenvalue weighted by Crippen LogP contribution is 2.22. The fourth-order valence-electron chi connectivity index (χ4n) is 3.93. The topological polar surface area (TPSA) is 70.2 Å². The average Bonchev–Trinajstić information content (AvgIpc) is 3.22. The number of carbonyl (C=O) groups excluding carboxylic acids is 2. The standard InChI is InChI=1S/C24H30FN3O2/c1-16(2)23(17-11-13-18(25)14-12-17)26-15-22(29)28-21-10-6-5-9-20(21)24(30)27-19-7-3-4-8-19/h5-6,9-14,16,19,23,26H,3-4,7-8,15H2,1-2H3,(H,27,30)(H,28,29). The van der Waals surface area contributed by atoms with Gasteiger partial charge >= 0.3 is 0 Å². The van der Waals surface area contributed by atoms with E-state index in [0.29, 0.717) is 11.3 Å². The van der Waals surface area contributed by atoms with Gasteiger partial charge in [-0.05, 0) is 48.6 Å². The Hall–Kier alpha value is -2.73. The van der Waals surface area contributed by atoms with Crippen LogP contribution in [-0.4, -0.2) is 24.4 Å². The zero-order valence-electron chi connectivity index (χ0n) is 17.6. The Morgan fingerprint density at radius 1 is 1.03 bits per heavy atom. The molecule has 1 atom stereocenters. The maximum absolute atomic E-state index is 13.2. The minimum absolute atomic E-state index is 0.0821. The Morgan fingerprint density at radius 3 is 2.37 bits per heavy atom. The van der Waals surface area contributed by atoms with Crippen molar-refractivity contribution in [3.63, 3.8) is 0 Å². The van der Waals surface area contributed by atoms with Crippen molar-refractivity contribution in [1.82, 2.24) is 10.6 Å². The van der Waals surface area contributed by atoms with Crippen molar-refractivity contribution < 1.29 is 14.0 Å². The molecule has 2 aromatic rings. The summed E-state index contributed by atoms with van der Waals surface area (Å²) in [6.45, 7) is 4.17. The number of halogens is 1. The second kappa shape index (κ2) is 10.3. The summed E-state index contributed by atoms with van der Waals surface area (Å²) in [6, 6.07) is 13.5. The normalized spacial score (nSPS) is 15.2. The molecule has 1 saturated carbocycles. The van der Waals surface area contributed by atoms with Gasteiger partial charge in [-0.1, -0.05) is 51.0 Å². The smallest absolute Gasteiger partial charge is 0.253 e. The number of hydrogen-bond acceptors (Lipinski definition) is 3. The summed E-state index contributed by atoms with van der Waals surface area (Å²) in [7, 11) is 0. The summed E-state index contributed by atoms with van der Waals surface area (Å²) in [5.74, 6) is -0.458. The SMILES string of the molecule is CC(C)C(NCC(=O)Nc1ccccc1C(=O)NC1CCCC1)c1ccc(F)cc1. The predicted molar refractivity (Wildman–Crippen MR) is 117 cm³/mol. The Labute approximate surface area is 177 Å². The molecule has 2 amide bonds. The predicted octanol–water partition coefficient (Wildman–Crippen LogP) is 4.42. The van der Waals surface area contributed by atoms with Crippen molar-refractivity contribution in [2.45, 2.75) is 51.6 Å². The van der Waals surface area contributed by atoms with E-state index in [1.807, 2.05) is 13.8 Å². The van der Waals surface area contributed by atoms with Gasteiger partial charge in [0.05, 0.1) is 17.8 Å². The fourth-order valence-corrected chi connectivity index (χ4v) is 3.93. The third-order valence-electron chi connectivity index (χ3n) is 5.51. The number of rotatable bonds is 8. The molecule has 1 aliphatic carbocycles. The van der Waals surface area contributed by atoms with Crippen LogP contribution in [0.4, 0.5) is 10.1 Å². The number of nitrogens with one attached hydrogen (secondary N) is 3. The lowest BCUT2D eigenvalue weighted by Gasteiger charge is -2.23. The molecule has 160 valence electrons. The van der Waals surface area contributed by atoms with Crippen LogP contribution >= 0.6 is 0 Å². The lowest BCUT2D eigenvalue weighted by Crippen LogP contribution is -2.35. The molecule has 0 aliphatic heterocycles. The highest BCUT2D eigenvalue weighted by atomic mass is 19.1. The van der Waals surface area contributed by atoms with Crippen LogP contribution < -0.4 is 16.0 Å². The second-order valence-corrected chi connectivity index (χ2v) is 8.20. The Balaban J connectivity index is 1.61. The van der Waals surface area contributed by atoms with Crippen molar-refractivity contribution in [3.05, 3.63) is 65.5 Å². The summed E-state index contributed by atoms with van der Waals surface area (Å²) in [4.78, 5) is 25.2. The highest BCUT2D eigenvalue weighted by Gasteiger charge is 2.21. The minimum Gasteiger partial charge on any atom is -0.349 e. The van der Waals surface area contributed by atoms with Gasteiger partial charge in [-0.15, -0.1) is 0 Å². The van der Waals surface area contributed by atoms with E-state index in [1.165, 1.54) is 12.1 Å². The van der Waals surface area contributed by atoms with Gasteiger partial charge in [0.2, 0.25) is 5.91 Å². The Kier molecular flexibility index (Phi) is 7.57. The first kappa shape index (κ1) is 22.0. The molecule has 6 heteroatoms. The van der Waals surface area contributed by atoms with Gasteiger partial charge in [0.1, 0.15) is 5.82 Å². The van der Waals surface area contributed by atoms with Crippen LogP contribution in [0, 0.1) is 11.7 Å². The van der Waals surface area contributed by atoms with Gasteiger partial charge in [-0.2, -0.15) is 0 Å². The van der Waals surface area contributed by atoms with Crippen LogP contribution in [0.25, 0.3) is 0 Å². The van der Waals surface area contributed by atoms with Crippen LogP contribution in [0.15, 0.2) is 48.5 Å². The van der Waals surface area contributed by atoms with Crippen LogP contribution in [0.2, 0.25) is 0 Å². The van der Waals surface area contributed by atoms with E-state index in [2.05, 4.69) is 16.0 Å². The monoisotopic (exact) mass is 411 g/mol. The van der Waals surface area contributed by atoms with Gasteiger partial charge in [0.15, 0.2) is 0 Å². The first-order valence-electron chi connectivity index (χ1n) is 10.6. The zero-order chi connectivity index (χ0) is 21.5. The summed E-state index contributed by atoms with van der Waals surface area (Å²) < 4.78 is 13.2. The van der Waals surface area contributed by atoms with Gasteiger partial charge in [0.25, 0.3) is 5.91 Å². The number of carbonyl (C=O) groups is 2. The van der Waals surface area contributed by atoms with Crippen molar-refractivity contribution in [3.8, 4) is 0 Å². The van der Waals surface area contributed by atoms with Crippen molar-refractivity contribution in [2.75, 3.05) is 11.9 Å². The molecule has 0 radical (unpaired) electrons. The molecule has 0 saturated heterocycles. The third kappa shape index (κ3) is 5.89. The van der Waals surface area contributed by atoms with Crippen molar-refractivity contribution >= 4 is 17.5 Å². The van der Waals surface area contributed by atoms with Gasteiger partial charge in [-0.25, -0.2) is 4.39 Å². The molecular formula is C24H30FN3O2. The molecule has 3 N–H and O–H groups in total. The molecule has 1 aliphatic rings. The molecule has 5 nitrogen and oxygen atoms in total. The molecule has 1 unspecified atom stereocenters. The molecule has 0 spiro atoms. The number of benzene rings is 2. The molecule has 1 fully saturated rings. The second-order valence-electron chi connectivity index (χ2n) is 8.20. The van der Waals surface area contributed by atoms with E-state index in [4.69, 9.17) is 0 Å². The summed E-state index contributed by atoms with van der Waals surface area (Å²) in [6.07, 6.45) is 4.29. The number of para-hydroxylation sites is 1. The number of anilines is 1. The van der Waals surface area contributed by atoms with E-state index in [0.717, 1.165) is 31.2 Å². The summed E-state index contributed by atoms with van der Waals surface area (Å²) in [5, 5.41) is 9.16. The van der Waals surface area contributed by atoms with Crippen molar-refractivity contribution in [2.24, 2.45) is 5.92 Å². The van der Waals surface area contributed by atoms with Gasteiger partial charge < -0.3 is 16.0 Å². The molecule has 3 rings (SSSR count). The van der Waals surface area contributed by atoms with Crippen LogP contribution in [0.3, 0.4) is 0 Å². The van der Waals surface area contributed by atoms with E-state index >= 15 is 0 Å². The lowest BCUT2D eigenvalue weighted by molar-refractivity contribution is -0.115. The summed E-state index contributed by atoms with van der Waals surface area (Å²) >= 11 is 0. The Bertz CT molecular complexity index is 861. The van der Waals surface area contributed by atoms with E-state index in [9.17, 15) is 14.0 Å². The number of hydrogen-bond donors (Lipinski definition) is 3. The Morgan fingerprint density at radius 2 is 1.70 bits per heavy atom. The average molecular weight is 412 g/mol. The molecular weight excluding hydrogens is 381 g/mol. The largest absolute Gasteiger partial charge is 0.349 e. The molecule has 0 bridgehead atoms. The van der Waals surface area contributed by atoms with Gasteiger partial charge in [-0.3, -0.25) is 9.59 Å². The minimum atomic E-state index is -0.286. The van der Waals surface area contributed by atoms with E-state index in [1.54, 1.807) is 36.4 Å². The lowest BCUT2D eigenvalue weighted by atomic mass is 9.96. The molecule has 0 aromatic heterocycles.